The number of nitrogens with zero attached hydrogens (tertiary/aromatic N) is 2. The Hall–Kier alpha value is -1.66. The van der Waals surface area contributed by atoms with Crippen molar-refractivity contribution in [3.63, 3.8) is 0 Å². The molecule has 0 radical (unpaired) electrons. The Bertz CT molecular complexity index is 493. The minimum atomic E-state index is -0.415. The maximum atomic E-state index is 13.6. The van der Waals surface area contributed by atoms with Gasteiger partial charge < -0.3 is 16.0 Å². The van der Waals surface area contributed by atoms with E-state index in [2.05, 4.69) is 10.1 Å². The van der Waals surface area contributed by atoms with E-state index in [1.807, 2.05) is 0 Å². The molecule has 0 spiro atoms. The van der Waals surface area contributed by atoms with Crippen molar-refractivity contribution in [1.82, 2.24) is 4.90 Å². The third-order valence-electron chi connectivity index (χ3n) is 3.71. The van der Waals surface area contributed by atoms with Crippen molar-refractivity contribution < 1.29 is 14.7 Å². The molecule has 1 aliphatic rings. The van der Waals surface area contributed by atoms with Crippen LogP contribution in [0.5, 0.6) is 0 Å². The van der Waals surface area contributed by atoms with Crippen molar-refractivity contribution >= 4 is 5.84 Å². The van der Waals surface area contributed by atoms with Gasteiger partial charge in [0.15, 0.2) is 5.84 Å². The van der Waals surface area contributed by atoms with Crippen LogP contribution in [-0.4, -0.2) is 40.2 Å². The quantitative estimate of drug-likeness (QED) is 0.336. The third kappa shape index (κ3) is 3.46. The van der Waals surface area contributed by atoms with E-state index in [0.717, 1.165) is 31.4 Å². The summed E-state index contributed by atoms with van der Waals surface area (Å²) in [7, 11) is 0. The van der Waals surface area contributed by atoms with Crippen LogP contribution in [0.1, 0.15) is 30.4 Å². The van der Waals surface area contributed by atoms with Gasteiger partial charge in [0.25, 0.3) is 0 Å². The van der Waals surface area contributed by atoms with Crippen LogP contribution < -0.4 is 5.73 Å². The summed E-state index contributed by atoms with van der Waals surface area (Å²) in [6.07, 6.45) is 3.15. The van der Waals surface area contributed by atoms with Gasteiger partial charge in [0.1, 0.15) is 5.82 Å². The standard InChI is InChI=1S/C14H20FN3O2/c15-12-6-10(5-11(7-12)14(16)17-20)8-18-4-2-1-3-13(18)9-19/h5-7,13,19-20H,1-4,8-9H2,(H2,16,17). The Morgan fingerprint density at radius 3 is 2.90 bits per heavy atom. The van der Waals surface area contributed by atoms with Gasteiger partial charge in [-0.25, -0.2) is 4.39 Å². The van der Waals surface area contributed by atoms with E-state index in [1.165, 1.54) is 12.1 Å². The molecule has 0 aliphatic carbocycles. The van der Waals surface area contributed by atoms with Crippen LogP contribution in [0.3, 0.4) is 0 Å². The summed E-state index contributed by atoms with van der Waals surface area (Å²) in [5.41, 5.74) is 6.62. The number of nitrogens with two attached hydrogens (primary N) is 1. The lowest BCUT2D eigenvalue weighted by atomic mass is 10.0. The Labute approximate surface area is 117 Å². The first kappa shape index (κ1) is 14.7. The number of halogens is 1. The lowest BCUT2D eigenvalue weighted by Crippen LogP contribution is -2.41. The monoisotopic (exact) mass is 281 g/mol. The van der Waals surface area contributed by atoms with Gasteiger partial charge >= 0.3 is 0 Å². The Kier molecular flexibility index (Phi) is 4.92. The van der Waals surface area contributed by atoms with Gasteiger partial charge in [0, 0.05) is 18.2 Å². The van der Waals surface area contributed by atoms with Gasteiger partial charge in [-0.3, -0.25) is 4.90 Å². The zero-order chi connectivity index (χ0) is 14.5. The number of rotatable bonds is 4. The number of likely N-dealkylation sites (tertiary alicyclic amines) is 1. The summed E-state index contributed by atoms with van der Waals surface area (Å²) in [6, 6.07) is 4.51. The van der Waals surface area contributed by atoms with Crippen LogP contribution in [0.2, 0.25) is 0 Å². The van der Waals surface area contributed by atoms with Crippen molar-refractivity contribution in [2.45, 2.75) is 31.8 Å². The van der Waals surface area contributed by atoms with E-state index < -0.39 is 5.82 Å². The average molecular weight is 281 g/mol. The maximum Gasteiger partial charge on any atom is 0.170 e. The van der Waals surface area contributed by atoms with Crippen molar-refractivity contribution in [3.8, 4) is 0 Å². The largest absolute Gasteiger partial charge is 0.409 e. The molecule has 0 aromatic heterocycles. The Morgan fingerprint density at radius 2 is 2.20 bits per heavy atom. The van der Waals surface area contributed by atoms with Gasteiger partial charge in [0.05, 0.1) is 6.61 Å². The molecule has 2 rings (SSSR count). The molecule has 1 atom stereocenters. The first-order chi connectivity index (χ1) is 9.63. The molecule has 1 aliphatic heterocycles. The second-order valence-corrected chi connectivity index (χ2v) is 5.14. The van der Waals surface area contributed by atoms with Gasteiger partial charge in [-0.15, -0.1) is 0 Å². The maximum absolute atomic E-state index is 13.6. The highest BCUT2D eigenvalue weighted by molar-refractivity contribution is 5.97. The zero-order valence-electron chi connectivity index (χ0n) is 11.3. The molecule has 4 N–H and O–H groups in total. The van der Waals surface area contributed by atoms with Crippen LogP contribution >= 0.6 is 0 Å². The van der Waals surface area contributed by atoms with Crippen molar-refractivity contribution in [2.24, 2.45) is 10.9 Å². The number of benzene rings is 1. The summed E-state index contributed by atoms with van der Waals surface area (Å²) < 4.78 is 13.6. The second-order valence-electron chi connectivity index (χ2n) is 5.14. The normalized spacial score (nSPS) is 21.1. The average Bonchev–Trinajstić information content (AvgIpc) is 2.46. The molecular weight excluding hydrogens is 261 g/mol. The smallest absolute Gasteiger partial charge is 0.170 e. The fourth-order valence-electron chi connectivity index (χ4n) is 2.66. The molecule has 20 heavy (non-hydrogen) atoms. The van der Waals surface area contributed by atoms with E-state index in [4.69, 9.17) is 10.9 Å². The molecule has 1 heterocycles. The summed E-state index contributed by atoms with van der Waals surface area (Å²) >= 11 is 0. The first-order valence-corrected chi connectivity index (χ1v) is 6.76. The molecule has 6 heteroatoms. The number of aliphatic hydroxyl groups excluding tert-OH is 1. The van der Waals surface area contributed by atoms with Crippen LogP contribution in [0.4, 0.5) is 4.39 Å². The summed E-state index contributed by atoms with van der Waals surface area (Å²) in [5.74, 6) is -0.523. The van der Waals surface area contributed by atoms with Crippen molar-refractivity contribution in [1.29, 1.82) is 0 Å². The highest BCUT2D eigenvalue weighted by Gasteiger charge is 2.21. The number of hydrogen-bond donors (Lipinski definition) is 3. The predicted molar refractivity (Wildman–Crippen MR) is 74.0 cm³/mol. The van der Waals surface area contributed by atoms with Gasteiger partial charge in [-0.05, 0) is 43.1 Å². The molecule has 0 amide bonds. The fourth-order valence-corrected chi connectivity index (χ4v) is 2.66. The van der Waals surface area contributed by atoms with Crippen molar-refractivity contribution in [3.05, 3.63) is 35.1 Å². The molecule has 0 bridgehead atoms. The molecule has 1 aromatic carbocycles. The van der Waals surface area contributed by atoms with Crippen LogP contribution in [0.25, 0.3) is 0 Å². The van der Waals surface area contributed by atoms with Crippen LogP contribution in [-0.2, 0) is 6.54 Å². The molecule has 1 saturated heterocycles. The van der Waals surface area contributed by atoms with Crippen molar-refractivity contribution in [2.75, 3.05) is 13.2 Å². The van der Waals surface area contributed by atoms with E-state index in [1.54, 1.807) is 6.07 Å². The minimum absolute atomic E-state index is 0.108. The third-order valence-corrected chi connectivity index (χ3v) is 3.71. The second kappa shape index (κ2) is 6.67. The van der Waals surface area contributed by atoms with E-state index in [0.29, 0.717) is 12.1 Å². The van der Waals surface area contributed by atoms with Gasteiger partial charge in [-0.1, -0.05) is 11.6 Å². The van der Waals surface area contributed by atoms with E-state index in [-0.39, 0.29) is 18.5 Å². The fraction of sp³-hybridized carbons (Fsp3) is 0.500. The minimum Gasteiger partial charge on any atom is -0.409 e. The summed E-state index contributed by atoms with van der Waals surface area (Å²) in [6.45, 7) is 1.55. The number of hydrogen-bond acceptors (Lipinski definition) is 4. The van der Waals surface area contributed by atoms with E-state index in [9.17, 15) is 9.50 Å². The van der Waals surface area contributed by atoms with Crippen LogP contribution in [0, 0.1) is 5.82 Å². The zero-order valence-corrected chi connectivity index (χ0v) is 11.3. The molecule has 5 nitrogen and oxygen atoms in total. The summed E-state index contributed by atoms with van der Waals surface area (Å²) in [4.78, 5) is 2.15. The van der Waals surface area contributed by atoms with Gasteiger partial charge in [-0.2, -0.15) is 0 Å². The molecule has 1 unspecified atom stereocenters. The topological polar surface area (TPSA) is 82.1 Å². The molecule has 0 saturated carbocycles. The lowest BCUT2D eigenvalue weighted by molar-refractivity contribution is 0.0840. The Balaban J connectivity index is 2.18. The molecular formula is C14H20FN3O2. The predicted octanol–water partition coefficient (Wildman–Crippen LogP) is 1.27. The molecule has 1 aromatic rings. The number of aliphatic hydroxyl groups is 1. The molecule has 1 fully saturated rings. The molecule has 110 valence electrons. The van der Waals surface area contributed by atoms with Gasteiger partial charge in [0.2, 0.25) is 0 Å². The number of piperidine rings is 1. The summed E-state index contributed by atoms with van der Waals surface area (Å²) in [5, 5.41) is 20.9. The SMILES string of the molecule is N/C(=N/O)c1cc(F)cc(CN2CCCCC2CO)c1. The Morgan fingerprint density at radius 1 is 1.40 bits per heavy atom. The number of amidine groups is 1. The highest BCUT2D eigenvalue weighted by Crippen LogP contribution is 2.20. The lowest BCUT2D eigenvalue weighted by Gasteiger charge is -2.34. The van der Waals surface area contributed by atoms with Crippen LogP contribution in [0.15, 0.2) is 23.4 Å². The number of oxime groups is 1. The highest BCUT2D eigenvalue weighted by atomic mass is 19.1. The first-order valence-electron chi connectivity index (χ1n) is 6.76. The van der Waals surface area contributed by atoms with E-state index >= 15 is 0 Å².